The van der Waals surface area contributed by atoms with Gasteiger partial charge in [-0.3, -0.25) is 4.79 Å². The molecule has 0 spiro atoms. The molecule has 1 fully saturated rings. The lowest BCUT2D eigenvalue weighted by Gasteiger charge is -2.11. The number of rotatable bonds is 5. The van der Waals surface area contributed by atoms with Crippen molar-refractivity contribution in [2.75, 3.05) is 19.8 Å². The van der Waals surface area contributed by atoms with Crippen molar-refractivity contribution in [3.63, 3.8) is 0 Å². The second-order valence-electron chi connectivity index (χ2n) is 4.55. The highest BCUT2D eigenvalue weighted by atomic mass is 79.9. The Kier molecular flexibility index (Phi) is 4.97. The molecule has 1 aromatic heterocycles. The molecular weight excluding hydrogens is 298 g/mol. The lowest BCUT2D eigenvalue weighted by atomic mass is 10.2. The number of hydrogen-bond acceptors (Lipinski definition) is 3. The Morgan fingerprint density at radius 1 is 1.61 bits per heavy atom. The van der Waals surface area contributed by atoms with Crippen LogP contribution in [0, 0.1) is 6.92 Å². The summed E-state index contributed by atoms with van der Waals surface area (Å²) in [7, 11) is 0. The molecule has 5 heteroatoms. The van der Waals surface area contributed by atoms with E-state index in [9.17, 15) is 4.79 Å². The van der Waals surface area contributed by atoms with Crippen molar-refractivity contribution in [3.05, 3.63) is 32.7 Å². The van der Waals surface area contributed by atoms with Crippen molar-refractivity contribution in [3.8, 4) is 0 Å². The number of pyridine rings is 1. The molecule has 0 aromatic carbocycles. The molecule has 1 aliphatic rings. The summed E-state index contributed by atoms with van der Waals surface area (Å²) in [5.74, 6) is 0. The van der Waals surface area contributed by atoms with Crippen LogP contribution in [0.2, 0.25) is 0 Å². The van der Waals surface area contributed by atoms with Gasteiger partial charge in [0.1, 0.15) is 0 Å². The van der Waals surface area contributed by atoms with E-state index in [4.69, 9.17) is 9.47 Å². The molecule has 2 rings (SSSR count). The predicted molar refractivity (Wildman–Crippen MR) is 72.9 cm³/mol. The summed E-state index contributed by atoms with van der Waals surface area (Å²) in [6.45, 7) is 4.40. The van der Waals surface area contributed by atoms with Crippen LogP contribution in [0.15, 0.2) is 21.5 Å². The molecule has 0 aliphatic carbocycles. The van der Waals surface area contributed by atoms with E-state index >= 15 is 0 Å². The first-order valence-electron chi connectivity index (χ1n) is 6.23. The third-order valence-corrected chi connectivity index (χ3v) is 3.47. The summed E-state index contributed by atoms with van der Waals surface area (Å²) >= 11 is 3.39. The van der Waals surface area contributed by atoms with Gasteiger partial charge in [0.2, 0.25) is 0 Å². The van der Waals surface area contributed by atoms with Gasteiger partial charge in [-0.1, -0.05) is 0 Å². The second kappa shape index (κ2) is 6.50. The summed E-state index contributed by atoms with van der Waals surface area (Å²) in [5.41, 5.74) is 0.780. The van der Waals surface area contributed by atoms with E-state index in [1.807, 2.05) is 13.0 Å². The number of halogens is 1. The largest absolute Gasteiger partial charge is 0.377 e. The van der Waals surface area contributed by atoms with Crippen molar-refractivity contribution < 1.29 is 9.47 Å². The Morgan fingerprint density at radius 3 is 3.17 bits per heavy atom. The average Bonchev–Trinajstić information content (AvgIpc) is 2.83. The van der Waals surface area contributed by atoms with Crippen LogP contribution in [0.3, 0.4) is 0 Å². The van der Waals surface area contributed by atoms with Crippen LogP contribution in [0.1, 0.15) is 18.4 Å². The smallest absolute Gasteiger partial charge is 0.253 e. The summed E-state index contributed by atoms with van der Waals surface area (Å²) in [4.78, 5) is 11.8. The number of aryl methyl sites for hydroxylation is 1. The van der Waals surface area contributed by atoms with Gasteiger partial charge >= 0.3 is 0 Å². The molecule has 0 amide bonds. The molecule has 100 valence electrons. The Balaban J connectivity index is 1.81. The maximum Gasteiger partial charge on any atom is 0.253 e. The Labute approximate surface area is 115 Å². The molecule has 1 aromatic rings. The van der Waals surface area contributed by atoms with E-state index in [1.165, 1.54) is 0 Å². The summed E-state index contributed by atoms with van der Waals surface area (Å²) in [5, 5.41) is 0. The molecule has 1 saturated heterocycles. The minimum Gasteiger partial charge on any atom is -0.377 e. The van der Waals surface area contributed by atoms with Crippen LogP contribution >= 0.6 is 15.9 Å². The van der Waals surface area contributed by atoms with Gasteiger partial charge in [0.25, 0.3) is 5.56 Å². The van der Waals surface area contributed by atoms with Gasteiger partial charge in [-0.15, -0.1) is 0 Å². The van der Waals surface area contributed by atoms with Gasteiger partial charge in [0.05, 0.1) is 19.3 Å². The molecular formula is C13H18BrNO3. The van der Waals surface area contributed by atoms with E-state index in [0.717, 1.165) is 29.5 Å². The normalized spacial score (nSPS) is 19.3. The quantitative estimate of drug-likeness (QED) is 0.781. The topological polar surface area (TPSA) is 40.5 Å². The molecule has 1 unspecified atom stereocenters. The number of ether oxygens (including phenoxy) is 2. The molecule has 0 N–H and O–H groups in total. The van der Waals surface area contributed by atoms with E-state index in [0.29, 0.717) is 19.8 Å². The van der Waals surface area contributed by atoms with Gasteiger partial charge in [0, 0.05) is 29.4 Å². The average molecular weight is 316 g/mol. The number of aromatic nitrogens is 1. The van der Waals surface area contributed by atoms with Gasteiger partial charge in [0.15, 0.2) is 0 Å². The summed E-state index contributed by atoms with van der Waals surface area (Å²) in [6, 6.07) is 1.83. The van der Waals surface area contributed by atoms with Crippen LogP contribution < -0.4 is 5.56 Å². The van der Waals surface area contributed by atoms with Crippen LogP contribution in [0.4, 0.5) is 0 Å². The van der Waals surface area contributed by atoms with Crippen LogP contribution in [-0.2, 0) is 16.0 Å². The molecule has 1 aliphatic heterocycles. The highest BCUT2D eigenvalue weighted by Gasteiger charge is 2.15. The summed E-state index contributed by atoms with van der Waals surface area (Å²) in [6.07, 6.45) is 4.24. The zero-order valence-electron chi connectivity index (χ0n) is 10.5. The van der Waals surface area contributed by atoms with E-state index < -0.39 is 0 Å². The Hall–Kier alpha value is -0.650. The molecule has 1 atom stereocenters. The third kappa shape index (κ3) is 3.67. The highest BCUT2D eigenvalue weighted by Crippen LogP contribution is 2.12. The van der Waals surface area contributed by atoms with Crippen LogP contribution in [0.25, 0.3) is 0 Å². The lowest BCUT2D eigenvalue weighted by Crippen LogP contribution is -2.25. The molecule has 18 heavy (non-hydrogen) atoms. The van der Waals surface area contributed by atoms with Gasteiger partial charge < -0.3 is 14.0 Å². The summed E-state index contributed by atoms with van der Waals surface area (Å²) < 4.78 is 13.6. The second-order valence-corrected chi connectivity index (χ2v) is 5.47. The first-order chi connectivity index (χ1) is 8.66. The lowest BCUT2D eigenvalue weighted by molar-refractivity contribution is 0.0146. The van der Waals surface area contributed by atoms with Crippen molar-refractivity contribution >= 4 is 15.9 Å². The Bertz CT molecular complexity index is 452. The SMILES string of the molecule is Cc1cc(Br)cn(CCOCC2CCCO2)c1=O. The zero-order chi connectivity index (χ0) is 13.0. The molecule has 0 radical (unpaired) electrons. The number of nitrogens with zero attached hydrogens (tertiary/aromatic N) is 1. The first-order valence-corrected chi connectivity index (χ1v) is 7.02. The van der Waals surface area contributed by atoms with Crippen molar-refractivity contribution in [1.29, 1.82) is 0 Å². The maximum atomic E-state index is 11.8. The highest BCUT2D eigenvalue weighted by molar-refractivity contribution is 9.10. The predicted octanol–water partition coefficient (Wildman–Crippen LogP) is 2.11. The van der Waals surface area contributed by atoms with Crippen LogP contribution in [0.5, 0.6) is 0 Å². The molecule has 0 saturated carbocycles. The molecule has 0 bridgehead atoms. The first kappa shape index (κ1) is 13.8. The van der Waals surface area contributed by atoms with Crippen LogP contribution in [-0.4, -0.2) is 30.5 Å². The fourth-order valence-electron chi connectivity index (χ4n) is 2.06. The maximum absolute atomic E-state index is 11.8. The van der Waals surface area contributed by atoms with Crippen molar-refractivity contribution in [2.24, 2.45) is 0 Å². The minimum absolute atomic E-state index is 0.0407. The fourth-order valence-corrected chi connectivity index (χ4v) is 2.65. The van der Waals surface area contributed by atoms with Crippen molar-refractivity contribution in [1.82, 2.24) is 4.57 Å². The van der Waals surface area contributed by atoms with Gasteiger partial charge in [-0.05, 0) is 41.8 Å². The third-order valence-electron chi connectivity index (χ3n) is 3.04. The van der Waals surface area contributed by atoms with E-state index in [2.05, 4.69) is 15.9 Å². The molecule has 2 heterocycles. The Morgan fingerprint density at radius 2 is 2.44 bits per heavy atom. The van der Waals surface area contributed by atoms with Crippen molar-refractivity contribution in [2.45, 2.75) is 32.4 Å². The monoisotopic (exact) mass is 315 g/mol. The molecule has 4 nitrogen and oxygen atoms in total. The van der Waals surface area contributed by atoms with Gasteiger partial charge in [-0.2, -0.15) is 0 Å². The number of hydrogen-bond donors (Lipinski definition) is 0. The standard InChI is InChI=1S/C13H18BrNO3/c1-10-7-11(14)8-15(13(10)16)4-6-17-9-12-3-2-5-18-12/h7-8,12H,2-6,9H2,1H3. The van der Waals surface area contributed by atoms with E-state index in [-0.39, 0.29) is 11.7 Å². The zero-order valence-corrected chi connectivity index (χ0v) is 12.1. The minimum atomic E-state index is 0.0407. The van der Waals surface area contributed by atoms with E-state index in [1.54, 1.807) is 10.8 Å². The van der Waals surface area contributed by atoms with Gasteiger partial charge in [-0.25, -0.2) is 0 Å². The fraction of sp³-hybridized carbons (Fsp3) is 0.615.